The Balaban J connectivity index is 1.49. The lowest BCUT2D eigenvalue weighted by Gasteiger charge is -2.26. The molecule has 0 aromatic carbocycles. The fraction of sp³-hybridized carbons (Fsp3) is 0.630. The summed E-state index contributed by atoms with van der Waals surface area (Å²) in [5.41, 5.74) is 1.21. The number of nitrogens with one attached hydrogen (secondary N) is 2. The van der Waals surface area contributed by atoms with Gasteiger partial charge in [0.1, 0.15) is 5.69 Å². The predicted molar refractivity (Wildman–Crippen MR) is 149 cm³/mol. The SMILES string of the molecule is CCC(CC)Nc1nc(NCCN2CCCCC2)nc2c1ncn2[C@@H]1O[C@H](c2cc(CO)no2)[C@H](OC=O)[C@H]1OC=O. The summed E-state index contributed by atoms with van der Waals surface area (Å²) in [6.45, 7) is 8.08. The summed E-state index contributed by atoms with van der Waals surface area (Å²) in [5.74, 6) is 1.18. The zero-order chi connectivity index (χ0) is 29.5. The monoisotopic (exact) mass is 586 g/mol. The minimum Gasteiger partial charge on any atom is -0.457 e. The van der Waals surface area contributed by atoms with Gasteiger partial charge in [-0.2, -0.15) is 9.97 Å². The lowest BCUT2D eigenvalue weighted by atomic mass is 10.1. The van der Waals surface area contributed by atoms with Crippen LogP contribution in [-0.4, -0.2) is 92.1 Å². The third-order valence-electron chi connectivity index (χ3n) is 7.82. The van der Waals surface area contributed by atoms with Crippen LogP contribution in [-0.2, 0) is 30.4 Å². The van der Waals surface area contributed by atoms with Crippen LogP contribution in [0.3, 0.4) is 0 Å². The Labute approximate surface area is 242 Å². The second-order valence-electron chi connectivity index (χ2n) is 10.4. The van der Waals surface area contributed by atoms with Crippen molar-refractivity contribution in [2.24, 2.45) is 0 Å². The van der Waals surface area contributed by atoms with Crippen LogP contribution >= 0.6 is 0 Å². The number of aliphatic hydroxyl groups excluding tert-OH is 1. The Kier molecular flexibility index (Phi) is 9.81. The van der Waals surface area contributed by atoms with Crippen molar-refractivity contribution in [1.29, 1.82) is 0 Å². The highest BCUT2D eigenvalue weighted by atomic mass is 16.6. The Bertz CT molecular complexity index is 1320. The second-order valence-corrected chi connectivity index (χ2v) is 10.4. The van der Waals surface area contributed by atoms with Crippen LogP contribution in [0.25, 0.3) is 11.2 Å². The standard InChI is InChI=1S/C27H38N8O7/c1-3-17(4-2)30-24-20-25(32-27(31-24)28-8-11-34-9-6-5-7-10-34)35(14-29-20)26-23(40-16-38)22(39-15-37)21(41-26)19-12-18(13-36)33-42-19/h12,14-17,21-23,26,36H,3-11,13H2,1-2H3,(H2,28,30,31,32)/t21-,22+,23-,26-/m1/s1. The molecule has 2 aliphatic rings. The van der Waals surface area contributed by atoms with Gasteiger partial charge in [0, 0.05) is 25.2 Å². The minimum atomic E-state index is -1.07. The summed E-state index contributed by atoms with van der Waals surface area (Å²) in [6, 6.07) is 1.66. The first-order chi connectivity index (χ1) is 20.6. The van der Waals surface area contributed by atoms with E-state index in [4.69, 9.17) is 28.7 Å². The molecule has 5 heterocycles. The lowest BCUT2D eigenvalue weighted by molar-refractivity contribution is -0.151. The van der Waals surface area contributed by atoms with E-state index in [0.717, 1.165) is 32.5 Å². The number of hydrogen-bond acceptors (Lipinski definition) is 14. The summed E-state index contributed by atoms with van der Waals surface area (Å²) in [7, 11) is 0. The first-order valence-electron chi connectivity index (χ1n) is 14.5. The van der Waals surface area contributed by atoms with Gasteiger partial charge < -0.3 is 39.4 Å². The van der Waals surface area contributed by atoms with Crippen LogP contribution in [0.5, 0.6) is 0 Å². The second kappa shape index (κ2) is 13.9. The lowest BCUT2D eigenvalue weighted by Crippen LogP contribution is -2.34. The zero-order valence-electron chi connectivity index (χ0n) is 23.8. The van der Waals surface area contributed by atoms with Crippen molar-refractivity contribution in [3.8, 4) is 0 Å². The van der Waals surface area contributed by atoms with E-state index in [-0.39, 0.29) is 37.0 Å². The van der Waals surface area contributed by atoms with Gasteiger partial charge in [-0.25, -0.2) is 4.98 Å². The fourth-order valence-electron chi connectivity index (χ4n) is 5.53. The van der Waals surface area contributed by atoms with Crippen molar-refractivity contribution < 1.29 is 33.4 Å². The summed E-state index contributed by atoms with van der Waals surface area (Å²) in [4.78, 5) is 39.6. The molecule has 2 fully saturated rings. The molecule has 2 aliphatic heterocycles. The van der Waals surface area contributed by atoms with E-state index >= 15 is 0 Å². The average Bonchev–Trinajstić information content (AvgIpc) is 3.74. The smallest absolute Gasteiger partial charge is 0.293 e. The Morgan fingerprint density at radius 3 is 2.57 bits per heavy atom. The molecule has 3 aromatic rings. The first kappa shape index (κ1) is 29.7. The maximum Gasteiger partial charge on any atom is 0.293 e. The number of piperidine rings is 1. The van der Waals surface area contributed by atoms with Crippen LogP contribution in [0, 0.1) is 0 Å². The predicted octanol–water partition coefficient (Wildman–Crippen LogP) is 2.16. The minimum absolute atomic E-state index is 0.172. The molecule has 0 unspecified atom stereocenters. The van der Waals surface area contributed by atoms with Crippen LogP contribution in [0.2, 0.25) is 0 Å². The maximum absolute atomic E-state index is 11.6. The topological polar surface area (TPSA) is 179 Å². The first-order valence-corrected chi connectivity index (χ1v) is 14.5. The number of fused-ring (bicyclic) bond motifs is 1. The van der Waals surface area contributed by atoms with Crippen molar-refractivity contribution in [2.45, 2.75) is 83.1 Å². The normalized spacial score (nSPS) is 22.9. The van der Waals surface area contributed by atoms with Gasteiger partial charge >= 0.3 is 0 Å². The van der Waals surface area contributed by atoms with Crippen LogP contribution in [0.15, 0.2) is 16.9 Å². The van der Waals surface area contributed by atoms with Gasteiger partial charge in [0.15, 0.2) is 47.3 Å². The third kappa shape index (κ3) is 6.32. The Hall–Kier alpha value is -3.82. The fourth-order valence-corrected chi connectivity index (χ4v) is 5.53. The van der Waals surface area contributed by atoms with Gasteiger partial charge in [-0.3, -0.25) is 14.2 Å². The van der Waals surface area contributed by atoms with Crippen molar-refractivity contribution in [3.05, 3.63) is 23.8 Å². The van der Waals surface area contributed by atoms with E-state index in [1.807, 2.05) is 0 Å². The van der Waals surface area contributed by atoms with E-state index in [1.165, 1.54) is 31.7 Å². The molecule has 228 valence electrons. The zero-order valence-corrected chi connectivity index (χ0v) is 23.8. The number of rotatable bonds is 15. The van der Waals surface area contributed by atoms with Gasteiger partial charge in [-0.1, -0.05) is 25.4 Å². The summed E-state index contributed by atoms with van der Waals surface area (Å²) >= 11 is 0. The molecule has 3 N–H and O–H groups in total. The molecule has 2 saturated heterocycles. The molecule has 5 rings (SSSR count). The van der Waals surface area contributed by atoms with Crippen molar-refractivity contribution >= 4 is 35.9 Å². The molecule has 4 atom stereocenters. The number of imidazole rings is 1. The number of aromatic nitrogens is 5. The van der Waals surface area contributed by atoms with Crippen molar-refractivity contribution in [3.63, 3.8) is 0 Å². The molecular weight excluding hydrogens is 548 g/mol. The van der Waals surface area contributed by atoms with E-state index < -0.39 is 24.5 Å². The molecule has 15 heteroatoms. The van der Waals surface area contributed by atoms with E-state index in [1.54, 1.807) is 4.57 Å². The van der Waals surface area contributed by atoms with Gasteiger partial charge in [0.2, 0.25) is 5.95 Å². The van der Waals surface area contributed by atoms with E-state index in [9.17, 15) is 14.7 Å². The number of carbonyl (C=O) groups is 2. The Morgan fingerprint density at radius 1 is 1.12 bits per heavy atom. The molecule has 0 radical (unpaired) electrons. The van der Waals surface area contributed by atoms with Gasteiger partial charge in [0.05, 0.1) is 12.9 Å². The quantitative estimate of drug-likeness (QED) is 0.221. The van der Waals surface area contributed by atoms with E-state index in [2.05, 4.69) is 39.5 Å². The summed E-state index contributed by atoms with van der Waals surface area (Å²) in [5, 5.41) is 20.1. The number of hydrogen-bond donors (Lipinski definition) is 3. The Morgan fingerprint density at radius 2 is 1.88 bits per heavy atom. The molecule has 42 heavy (non-hydrogen) atoms. The highest BCUT2D eigenvalue weighted by molar-refractivity contribution is 5.84. The van der Waals surface area contributed by atoms with Crippen LogP contribution < -0.4 is 10.6 Å². The largest absolute Gasteiger partial charge is 0.457 e. The van der Waals surface area contributed by atoms with Crippen LogP contribution in [0.4, 0.5) is 11.8 Å². The molecule has 0 amide bonds. The summed E-state index contributed by atoms with van der Waals surface area (Å²) < 4.78 is 24.0. The molecule has 0 spiro atoms. The average molecular weight is 587 g/mol. The number of ether oxygens (including phenoxy) is 3. The molecular formula is C27H38N8O7. The maximum atomic E-state index is 11.6. The molecule has 0 bridgehead atoms. The third-order valence-corrected chi connectivity index (χ3v) is 7.82. The molecule has 0 saturated carbocycles. The van der Waals surface area contributed by atoms with Gasteiger partial charge in [0.25, 0.3) is 12.9 Å². The van der Waals surface area contributed by atoms with Gasteiger partial charge in [-0.15, -0.1) is 0 Å². The number of anilines is 2. The number of carbonyl (C=O) groups excluding carboxylic acids is 2. The van der Waals surface area contributed by atoms with E-state index in [0.29, 0.717) is 29.5 Å². The molecule has 0 aliphatic carbocycles. The number of nitrogens with zero attached hydrogens (tertiary/aromatic N) is 6. The number of likely N-dealkylation sites (tertiary alicyclic amines) is 1. The van der Waals surface area contributed by atoms with Crippen LogP contribution in [0.1, 0.15) is 69.7 Å². The number of aliphatic hydroxyl groups is 1. The highest BCUT2D eigenvalue weighted by Gasteiger charge is 2.51. The molecule has 15 nitrogen and oxygen atoms in total. The highest BCUT2D eigenvalue weighted by Crippen LogP contribution is 2.43. The van der Waals surface area contributed by atoms with Gasteiger partial charge in [-0.05, 0) is 38.8 Å². The van der Waals surface area contributed by atoms with Crippen molar-refractivity contribution in [1.82, 2.24) is 29.6 Å². The molecule has 3 aromatic heterocycles. The summed E-state index contributed by atoms with van der Waals surface area (Å²) in [6.07, 6.45) is 2.89. The van der Waals surface area contributed by atoms with Crippen molar-refractivity contribution in [2.75, 3.05) is 36.8 Å².